The Kier molecular flexibility index (Phi) is 3.89. The highest BCUT2D eigenvalue weighted by Crippen LogP contribution is 2.23. The molecule has 19 heavy (non-hydrogen) atoms. The first-order valence-corrected chi connectivity index (χ1v) is 5.42. The van der Waals surface area contributed by atoms with Crippen molar-refractivity contribution in [2.75, 3.05) is 0 Å². The quantitative estimate of drug-likeness (QED) is 0.325. The molecule has 0 aliphatic heterocycles. The lowest BCUT2D eigenvalue weighted by Gasteiger charge is -2.08. The van der Waals surface area contributed by atoms with Crippen molar-refractivity contribution in [2.45, 2.75) is 6.61 Å². The predicted molar refractivity (Wildman–Crippen MR) is 67.0 cm³/mol. The van der Waals surface area contributed by atoms with Gasteiger partial charge in [-0.3, -0.25) is 0 Å². The second-order valence-corrected chi connectivity index (χ2v) is 3.64. The minimum atomic E-state index is -0.122. The minimum absolute atomic E-state index is 0.0925. The van der Waals surface area contributed by atoms with E-state index >= 15 is 0 Å². The molecule has 1 aromatic carbocycles. The van der Waals surface area contributed by atoms with E-state index in [9.17, 15) is 0 Å². The number of hydrogen-bond donors (Lipinski definition) is 3. The lowest BCUT2D eigenvalue weighted by Crippen LogP contribution is -2.15. The Hall–Kier alpha value is -2.67. The van der Waals surface area contributed by atoms with Crippen LogP contribution in [-0.2, 0) is 6.61 Å². The van der Waals surface area contributed by atoms with Crippen LogP contribution in [0.4, 0.5) is 0 Å². The summed E-state index contributed by atoms with van der Waals surface area (Å²) >= 11 is 0. The third-order valence-corrected chi connectivity index (χ3v) is 2.37. The molecule has 0 bridgehead atoms. The highest BCUT2D eigenvalue weighted by atomic mass is 16.5. The van der Waals surface area contributed by atoms with Crippen molar-refractivity contribution in [1.29, 1.82) is 0 Å². The standard InChI is InChI=1S/C12H12N4O3/c13-11(16-18)10-4-5-14-15-12(10)19-9-3-1-2-8(6-9)7-17/h1-6,17-18H,7H2,(H2,13,16). The molecule has 7 heteroatoms. The summed E-state index contributed by atoms with van der Waals surface area (Å²) in [7, 11) is 0. The Bertz CT molecular complexity index is 601. The summed E-state index contributed by atoms with van der Waals surface area (Å²) < 4.78 is 5.52. The number of oxime groups is 1. The summed E-state index contributed by atoms with van der Waals surface area (Å²) in [5.41, 5.74) is 6.54. The molecule has 1 aromatic heterocycles. The number of nitrogens with zero attached hydrogens (tertiary/aromatic N) is 3. The van der Waals surface area contributed by atoms with Crippen molar-refractivity contribution in [3.63, 3.8) is 0 Å². The molecular weight excluding hydrogens is 248 g/mol. The molecule has 98 valence electrons. The summed E-state index contributed by atoms with van der Waals surface area (Å²) in [5, 5.41) is 28.1. The van der Waals surface area contributed by atoms with Crippen molar-refractivity contribution in [2.24, 2.45) is 10.9 Å². The van der Waals surface area contributed by atoms with Crippen LogP contribution >= 0.6 is 0 Å². The lowest BCUT2D eigenvalue weighted by molar-refractivity contribution is 0.281. The van der Waals surface area contributed by atoms with Crippen molar-refractivity contribution in [3.8, 4) is 11.6 Å². The van der Waals surface area contributed by atoms with Gasteiger partial charge in [-0.2, -0.15) is 5.10 Å². The zero-order valence-corrected chi connectivity index (χ0v) is 9.89. The highest BCUT2D eigenvalue weighted by molar-refractivity contribution is 5.98. The second-order valence-electron chi connectivity index (χ2n) is 3.64. The summed E-state index contributed by atoms with van der Waals surface area (Å²) in [6.45, 7) is -0.0925. The first kappa shape index (κ1) is 12.8. The Morgan fingerprint density at radius 2 is 2.21 bits per heavy atom. The number of amidine groups is 1. The van der Waals surface area contributed by atoms with E-state index in [-0.39, 0.29) is 18.3 Å². The van der Waals surface area contributed by atoms with Crippen LogP contribution < -0.4 is 10.5 Å². The number of aromatic nitrogens is 2. The van der Waals surface area contributed by atoms with Gasteiger partial charge < -0.3 is 20.8 Å². The molecule has 0 unspecified atom stereocenters. The molecular formula is C12H12N4O3. The van der Waals surface area contributed by atoms with Gasteiger partial charge in [-0.25, -0.2) is 0 Å². The molecule has 0 saturated carbocycles. The van der Waals surface area contributed by atoms with Gasteiger partial charge in [0, 0.05) is 0 Å². The van der Waals surface area contributed by atoms with Gasteiger partial charge in [-0.05, 0) is 23.8 Å². The zero-order valence-electron chi connectivity index (χ0n) is 9.89. The van der Waals surface area contributed by atoms with Crippen LogP contribution in [0.25, 0.3) is 0 Å². The van der Waals surface area contributed by atoms with E-state index in [1.165, 1.54) is 12.3 Å². The van der Waals surface area contributed by atoms with E-state index in [1.807, 2.05) is 0 Å². The maximum atomic E-state index is 9.05. The smallest absolute Gasteiger partial charge is 0.250 e. The molecule has 0 spiro atoms. The molecule has 0 amide bonds. The first-order chi connectivity index (χ1) is 9.24. The maximum Gasteiger partial charge on any atom is 0.250 e. The van der Waals surface area contributed by atoms with Crippen LogP contribution in [0.15, 0.2) is 41.7 Å². The molecule has 0 fully saturated rings. The molecule has 4 N–H and O–H groups in total. The van der Waals surface area contributed by atoms with Gasteiger partial charge in [0.15, 0.2) is 5.84 Å². The molecule has 1 heterocycles. The van der Waals surface area contributed by atoms with Crippen molar-refractivity contribution < 1.29 is 15.1 Å². The van der Waals surface area contributed by atoms with Crippen LogP contribution in [0, 0.1) is 0 Å². The minimum Gasteiger partial charge on any atom is -0.437 e. The van der Waals surface area contributed by atoms with Crippen molar-refractivity contribution in [3.05, 3.63) is 47.7 Å². The molecule has 2 aromatic rings. The lowest BCUT2D eigenvalue weighted by atomic mass is 10.2. The van der Waals surface area contributed by atoms with Gasteiger partial charge in [0.1, 0.15) is 5.75 Å². The van der Waals surface area contributed by atoms with Crippen LogP contribution in [0.1, 0.15) is 11.1 Å². The monoisotopic (exact) mass is 260 g/mol. The molecule has 2 rings (SSSR count). The molecule has 0 aliphatic carbocycles. The van der Waals surface area contributed by atoms with Crippen molar-refractivity contribution in [1.82, 2.24) is 10.2 Å². The zero-order chi connectivity index (χ0) is 13.7. The number of ether oxygens (including phenoxy) is 1. The summed E-state index contributed by atoms with van der Waals surface area (Å²) in [5.74, 6) is 0.468. The Labute approximate surface area is 109 Å². The molecule has 0 radical (unpaired) electrons. The number of benzene rings is 1. The number of aliphatic hydroxyl groups excluding tert-OH is 1. The number of nitrogens with two attached hydrogens (primary N) is 1. The maximum absolute atomic E-state index is 9.05. The van der Waals surface area contributed by atoms with Crippen molar-refractivity contribution >= 4 is 5.84 Å². The Balaban J connectivity index is 2.33. The van der Waals surface area contributed by atoms with E-state index in [0.29, 0.717) is 16.9 Å². The fourth-order valence-electron chi connectivity index (χ4n) is 1.46. The van der Waals surface area contributed by atoms with E-state index < -0.39 is 0 Å². The van der Waals surface area contributed by atoms with E-state index in [4.69, 9.17) is 20.8 Å². The SMILES string of the molecule is N/C(=N/O)c1ccnnc1Oc1cccc(CO)c1. The van der Waals surface area contributed by atoms with Crippen LogP contribution in [0.3, 0.4) is 0 Å². The largest absolute Gasteiger partial charge is 0.437 e. The average Bonchev–Trinajstić information content (AvgIpc) is 2.47. The Morgan fingerprint density at radius 1 is 1.37 bits per heavy atom. The van der Waals surface area contributed by atoms with Gasteiger partial charge in [-0.1, -0.05) is 17.3 Å². The number of aliphatic hydroxyl groups is 1. The summed E-state index contributed by atoms with van der Waals surface area (Å²) in [6.07, 6.45) is 1.41. The van der Waals surface area contributed by atoms with E-state index in [1.54, 1.807) is 24.3 Å². The van der Waals surface area contributed by atoms with Gasteiger partial charge in [0.25, 0.3) is 0 Å². The highest BCUT2D eigenvalue weighted by Gasteiger charge is 2.11. The van der Waals surface area contributed by atoms with Gasteiger partial charge in [0.2, 0.25) is 5.88 Å². The van der Waals surface area contributed by atoms with Gasteiger partial charge >= 0.3 is 0 Å². The third kappa shape index (κ3) is 2.96. The summed E-state index contributed by atoms with van der Waals surface area (Å²) in [4.78, 5) is 0. The molecule has 0 saturated heterocycles. The van der Waals surface area contributed by atoms with Crippen LogP contribution in [0.2, 0.25) is 0 Å². The summed E-state index contributed by atoms with van der Waals surface area (Å²) in [6, 6.07) is 8.37. The van der Waals surface area contributed by atoms with Gasteiger partial charge in [0.05, 0.1) is 18.4 Å². The van der Waals surface area contributed by atoms with Gasteiger partial charge in [-0.15, -0.1) is 5.10 Å². The Morgan fingerprint density at radius 3 is 2.95 bits per heavy atom. The number of rotatable bonds is 4. The molecule has 7 nitrogen and oxygen atoms in total. The fraction of sp³-hybridized carbons (Fsp3) is 0.0833. The van der Waals surface area contributed by atoms with E-state index in [0.717, 1.165) is 0 Å². The van der Waals surface area contributed by atoms with Crippen LogP contribution in [0.5, 0.6) is 11.6 Å². The van der Waals surface area contributed by atoms with Crippen LogP contribution in [-0.4, -0.2) is 26.3 Å². The first-order valence-electron chi connectivity index (χ1n) is 5.42. The molecule has 0 atom stereocenters. The topological polar surface area (TPSA) is 114 Å². The second kappa shape index (κ2) is 5.78. The number of hydrogen-bond acceptors (Lipinski definition) is 6. The fourth-order valence-corrected chi connectivity index (χ4v) is 1.46. The third-order valence-electron chi connectivity index (χ3n) is 2.37. The molecule has 0 aliphatic rings. The normalized spacial score (nSPS) is 11.3. The predicted octanol–water partition coefficient (Wildman–Crippen LogP) is 0.856. The average molecular weight is 260 g/mol. The van der Waals surface area contributed by atoms with E-state index in [2.05, 4.69) is 15.4 Å².